The minimum atomic E-state index is -0.103. The van der Waals surface area contributed by atoms with E-state index in [1.807, 2.05) is 0 Å². The molecule has 0 radical (unpaired) electrons. The van der Waals surface area contributed by atoms with Crippen molar-refractivity contribution in [3.8, 4) is 0 Å². The average Bonchev–Trinajstić information content (AvgIpc) is 3.07. The van der Waals surface area contributed by atoms with Crippen molar-refractivity contribution in [2.45, 2.75) is 57.0 Å². The highest BCUT2D eigenvalue weighted by molar-refractivity contribution is 5.87. The van der Waals surface area contributed by atoms with Gasteiger partial charge in [0.25, 0.3) is 0 Å². The first kappa shape index (κ1) is 12.5. The normalized spacial score (nSPS) is 23.1. The van der Waals surface area contributed by atoms with E-state index in [1.54, 1.807) is 0 Å². The lowest BCUT2D eigenvalue weighted by Crippen LogP contribution is -2.29. The zero-order chi connectivity index (χ0) is 13.2. The van der Waals surface area contributed by atoms with Gasteiger partial charge in [-0.25, -0.2) is 0 Å². The number of nitrogens with zero attached hydrogens (tertiary/aromatic N) is 2. The molecular formula is C15H21N3O. The van der Waals surface area contributed by atoms with Gasteiger partial charge in [0.2, 0.25) is 5.91 Å². The van der Waals surface area contributed by atoms with Crippen molar-refractivity contribution < 1.29 is 4.79 Å². The van der Waals surface area contributed by atoms with Crippen LogP contribution in [0.2, 0.25) is 0 Å². The van der Waals surface area contributed by atoms with Crippen molar-refractivity contribution >= 4 is 5.91 Å². The molecule has 1 saturated carbocycles. The molecule has 0 aromatic carbocycles. The van der Waals surface area contributed by atoms with Gasteiger partial charge in [0.15, 0.2) is 0 Å². The Labute approximate surface area is 113 Å². The number of nitrogens with one attached hydrogen (secondary N) is 1. The first-order chi connectivity index (χ1) is 9.28. The van der Waals surface area contributed by atoms with Gasteiger partial charge in [0.1, 0.15) is 0 Å². The van der Waals surface area contributed by atoms with Crippen molar-refractivity contribution in [2.75, 3.05) is 0 Å². The summed E-state index contributed by atoms with van der Waals surface area (Å²) in [5.41, 5.74) is 2.39. The van der Waals surface area contributed by atoms with Crippen molar-refractivity contribution in [1.82, 2.24) is 15.1 Å². The summed E-state index contributed by atoms with van der Waals surface area (Å²) in [4.78, 5) is 11.5. The van der Waals surface area contributed by atoms with Gasteiger partial charge in [-0.15, -0.1) is 0 Å². The number of amides is 1. The maximum Gasteiger partial charge on any atom is 0.243 e. The third-order valence-electron chi connectivity index (χ3n) is 4.31. The average molecular weight is 259 g/mol. The van der Waals surface area contributed by atoms with E-state index in [4.69, 9.17) is 5.10 Å². The maximum absolute atomic E-state index is 11.5. The molecule has 1 N–H and O–H groups in total. The molecule has 19 heavy (non-hydrogen) atoms. The van der Waals surface area contributed by atoms with Crippen LogP contribution in [0.3, 0.4) is 0 Å². The number of rotatable bonds is 3. The van der Waals surface area contributed by atoms with Gasteiger partial charge in [-0.2, -0.15) is 5.10 Å². The Morgan fingerprint density at radius 1 is 1.37 bits per heavy atom. The number of carbonyl (C=O) groups excluding carboxylic acids is 1. The molecule has 4 nitrogen and oxygen atoms in total. The number of hydrogen-bond donors (Lipinski definition) is 1. The first-order valence-corrected chi connectivity index (χ1v) is 7.29. The summed E-state index contributed by atoms with van der Waals surface area (Å²) in [5, 5.41) is 7.77. The van der Waals surface area contributed by atoms with Gasteiger partial charge >= 0.3 is 0 Å². The number of hydrogen-bond acceptors (Lipinski definition) is 2. The molecule has 1 amide bonds. The van der Waals surface area contributed by atoms with Crippen LogP contribution in [0, 0.1) is 0 Å². The summed E-state index contributed by atoms with van der Waals surface area (Å²) >= 11 is 0. The van der Waals surface area contributed by atoms with Crippen LogP contribution < -0.4 is 5.32 Å². The lowest BCUT2D eigenvalue weighted by atomic mass is 9.94. The highest BCUT2D eigenvalue weighted by atomic mass is 16.1. The largest absolute Gasteiger partial charge is 0.344 e. The second-order valence-electron chi connectivity index (χ2n) is 5.62. The minimum absolute atomic E-state index is 0.0666. The van der Waals surface area contributed by atoms with E-state index in [0.29, 0.717) is 6.04 Å². The fraction of sp³-hybridized carbons (Fsp3) is 0.600. The Morgan fingerprint density at radius 3 is 2.89 bits per heavy atom. The SMILES string of the molecule is C=CC(=O)NC1CCCc2cn(C3CCCC3)nc21. The molecule has 0 bridgehead atoms. The van der Waals surface area contributed by atoms with Gasteiger partial charge in [-0.05, 0) is 43.7 Å². The van der Waals surface area contributed by atoms with E-state index in [0.717, 1.165) is 25.0 Å². The molecule has 1 atom stereocenters. The molecule has 2 aliphatic carbocycles. The van der Waals surface area contributed by atoms with Crippen molar-refractivity contribution in [1.29, 1.82) is 0 Å². The second-order valence-corrected chi connectivity index (χ2v) is 5.62. The number of aryl methyl sites for hydroxylation is 1. The maximum atomic E-state index is 11.5. The Balaban J connectivity index is 1.82. The summed E-state index contributed by atoms with van der Waals surface area (Å²) in [6, 6.07) is 0.637. The van der Waals surface area contributed by atoms with Crippen LogP contribution in [0.15, 0.2) is 18.9 Å². The van der Waals surface area contributed by atoms with Crippen LogP contribution >= 0.6 is 0 Å². The smallest absolute Gasteiger partial charge is 0.243 e. The third-order valence-corrected chi connectivity index (χ3v) is 4.31. The second kappa shape index (κ2) is 5.19. The van der Waals surface area contributed by atoms with Gasteiger partial charge in [0, 0.05) is 6.20 Å². The Kier molecular flexibility index (Phi) is 3.40. The molecule has 102 valence electrons. The quantitative estimate of drug-likeness (QED) is 0.848. The fourth-order valence-corrected chi connectivity index (χ4v) is 3.29. The molecule has 0 saturated heterocycles. The van der Waals surface area contributed by atoms with E-state index in [-0.39, 0.29) is 11.9 Å². The molecule has 1 heterocycles. The Bertz CT molecular complexity index is 486. The van der Waals surface area contributed by atoms with Crippen molar-refractivity contribution in [3.63, 3.8) is 0 Å². The van der Waals surface area contributed by atoms with E-state index >= 15 is 0 Å². The van der Waals surface area contributed by atoms with Crippen molar-refractivity contribution in [2.24, 2.45) is 0 Å². The van der Waals surface area contributed by atoms with Crippen LogP contribution in [0.5, 0.6) is 0 Å². The number of aromatic nitrogens is 2. The minimum Gasteiger partial charge on any atom is -0.344 e. The summed E-state index contributed by atoms with van der Waals surface area (Å²) in [5.74, 6) is -0.103. The molecule has 4 heteroatoms. The summed E-state index contributed by atoms with van der Waals surface area (Å²) < 4.78 is 2.15. The summed E-state index contributed by atoms with van der Waals surface area (Å²) in [6.45, 7) is 3.51. The molecule has 2 aliphatic rings. The standard InChI is InChI=1S/C15H21N3O/c1-2-14(19)16-13-9-5-6-11-10-18(17-15(11)13)12-7-3-4-8-12/h2,10,12-13H,1,3-9H2,(H,16,19). The highest BCUT2D eigenvalue weighted by Crippen LogP contribution is 2.33. The van der Waals surface area contributed by atoms with E-state index in [1.165, 1.54) is 37.3 Å². The van der Waals surface area contributed by atoms with Gasteiger partial charge in [-0.1, -0.05) is 19.4 Å². The molecule has 0 spiro atoms. The predicted octanol–water partition coefficient (Wildman–Crippen LogP) is 2.68. The zero-order valence-corrected chi connectivity index (χ0v) is 11.3. The topological polar surface area (TPSA) is 46.9 Å². The van der Waals surface area contributed by atoms with Crippen LogP contribution in [0.25, 0.3) is 0 Å². The molecule has 1 unspecified atom stereocenters. The van der Waals surface area contributed by atoms with Gasteiger partial charge in [-0.3, -0.25) is 9.48 Å². The first-order valence-electron chi connectivity index (χ1n) is 7.29. The molecule has 3 rings (SSSR count). The third kappa shape index (κ3) is 2.44. The predicted molar refractivity (Wildman–Crippen MR) is 73.8 cm³/mol. The lowest BCUT2D eigenvalue weighted by molar-refractivity contribution is -0.117. The molecule has 1 fully saturated rings. The van der Waals surface area contributed by atoms with E-state index in [2.05, 4.69) is 22.8 Å². The van der Waals surface area contributed by atoms with Crippen LogP contribution in [0.4, 0.5) is 0 Å². The van der Waals surface area contributed by atoms with Gasteiger partial charge < -0.3 is 5.32 Å². The monoisotopic (exact) mass is 259 g/mol. The van der Waals surface area contributed by atoms with E-state index < -0.39 is 0 Å². The Morgan fingerprint density at radius 2 is 2.16 bits per heavy atom. The molecular weight excluding hydrogens is 238 g/mol. The lowest BCUT2D eigenvalue weighted by Gasteiger charge is -2.21. The van der Waals surface area contributed by atoms with Crippen molar-refractivity contribution in [3.05, 3.63) is 30.1 Å². The van der Waals surface area contributed by atoms with E-state index in [9.17, 15) is 4.79 Å². The number of carbonyl (C=O) groups is 1. The highest BCUT2D eigenvalue weighted by Gasteiger charge is 2.27. The molecule has 1 aromatic heterocycles. The number of fused-ring (bicyclic) bond motifs is 1. The summed E-state index contributed by atoms with van der Waals surface area (Å²) in [7, 11) is 0. The Hall–Kier alpha value is -1.58. The fourth-order valence-electron chi connectivity index (χ4n) is 3.29. The summed E-state index contributed by atoms with van der Waals surface area (Å²) in [6.07, 6.45) is 11.8. The van der Waals surface area contributed by atoms with Gasteiger partial charge in [0.05, 0.1) is 17.8 Å². The van der Waals surface area contributed by atoms with Crippen LogP contribution in [-0.2, 0) is 11.2 Å². The zero-order valence-electron chi connectivity index (χ0n) is 11.3. The molecule has 1 aromatic rings. The van der Waals surface area contributed by atoms with Crippen LogP contribution in [0.1, 0.15) is 61.9 Å². The molecule has 0 aliphatic heterocycles. The van der Waals surface area contributed by atoms with Crippen LogP contribution in [-0.4, -0.2) is 15.7 Å².